The van der Waals surface area contributed by atoms with Crippen molar-refractivity contribution in [1.82, 2.24) is 4.90 Å². The molecule has 1 saturated carbocycles. The van der Waals surface area contributed by atoms with Crippen LogP contribution < -0.4 is 11.3 Å². The number of hydrazine groups is 1. The first-order chi connectivity index (χ1) is 10.1. The summed E-state index contributed by atoms with van der Waals surface area (Å²) in [6.45, 7) is 1.49. The Balaban J connectivity index is 1.86. The Hall–Kier alpha value is -2.15. The molecule has 1 heterocycles. The van der Waals surface area contributed by atoms with Crippen molar-refractivity contribution in [3.05, 3.63) is 33.9 Å². The highest BCUT2D eigenvalue weighted by Gasteiger charge is 2.38. The van der Waals surface area contributed by atoms with E-state index in [-0.39, 0.29) is 17.2 Å². The van der Waals surface area contributed by atoms with Gasteiger partial charge in [-0.25, -0.2) is 0 Å². The van der Waals surface area contributed by atoms with E-state index in [0.29, 0.717) is 17.5 Å². The molecule has 0 aromatic heterocycles. The van der Waals surface area contributed by atoms with E-state index in [4.69, 9.17) is 5.84 Å². The van der Waals surface area contributed by atoms with Gasteiger partial charge in [0.05, 0.1) is 16.2 Å². The maximum Gasteiger partial charge on any atom is 0.270 e. The number of hydrogen-bond donors (Lipinski definition) is 2. The van der Waals surface area contributed by atoms with E-state index in [0.717, 1.165) is 13.1 Å². The van der Waals surface area contributed by atoms with Crippen molar-refractivity contribution in [3.63, 3.8) is 0 Å². The highest BCUT2D eigenvalue weighted by molar-refractivity contribution is 6.00. The van der Waals surface area contributed by atoms with Crippen molar-refractivity contribution in [1.29, 1.82) is 0 Å². The second kappa shape index (κ2) is 5.33. The first kappa shape index (κ1) is 13.8. The molecule has 3 N–H and O–H groups in total. The summed E-state index contributed by atoms with van der Waals surface area (Å²) in [5.41, 5.74) is 3.04. The molecule has 2 aliphatic rings. The van der Waals surface area contributed by atoms with Gasteiger partial charge in [-0.2, -0.15) is 0 Å². The van der Waals surface area contributed by atoms with Crippen LogP contribution in [0.2, 0.25) is 0 Å². The van der Waals surface area contributed by atoms with Gasteiger partial charge in [0.1, 0.15) is 0 Å². The predicted octanol–water partition coefficient (Wildman–Crippen LogP) is 1.75. The lowest BCUT2D eigenvalue weighted by Crippen LogP contribution is -2.30. The first-order valence-corrected chi connectivity index (χ1v) is 7.14. The van der Waals surface area contributed by atoms with Crippen molar-refractivity contribution in [2.45, 2.75) is 19.3 Å². The molecule has 1 saturated heterocycles. The molecule has 1 amide bonds. The lowest BCUT2D eigenvalue weighted by molar-refractivity contribution is -0.384. The van der Waals surface area contributed by atoms with Crippen molar-refractivity contribution < 1.29 is 9.72 Å². The molecule has 1 aromatic carbocycles. The minimum absolute atomic E-state index is 0.100. The molecule has 7 nitrogen and oxygen atoms in total. The third-order valence-electron chi connectivity index (χ3n) is 4.61. The third kappa shape index (κ3) is 2.44. The van der Waals surface area contributed by atoms with Gasteiger partial charge in [-0.3, -0.25) is 20.8 Å². The Bertz CT molecular complexity index is 578. The summed E-state index contributed by atoms with van der Waals surface area (Å²) in [5, 5.41) is 10.9. The number of fused-ring (bicyclic) bond motifs is 1. The van der Waals surface area contributed by atoms with E-state index in [1.54, 1.807) is 4.90 Å². The van der Waals surface area contributed by atoms with Crippen LogP contribution in [0.15, 0.2) is 18.2 Å². The number of anilines is 1. The van der Waals surface area contributed by atoms with E-state index in [1.807, 2.05) is 0 Å². The van der Waals surface area contributed by atoms with Gasteiger partial charge in [-0.05, 0) is 30.7 Å². The van der Waals surface area contributed by atoms with E-state index in [2.05, 4.69) is 5.43 Å². The minimum atomic E-state index is -0.504. The molecule has 1 aliphatic heterocycles. The molecule has 21 heavy (non-hydrogen) atoms. The fraction of sp³-hybridized carbons (Fsp3) is 0.500. The number of amides is 1. The summed E-state index contributed by atoms with van der Waals surface area (Å²) in [6.07, 6.45) is 3.58. The number of likely N-dealkylation sites (tertiary alicyclic amines) is 1. The molecule has 2 unspecified atom stereocenters. The van der Waals surface area contributed by atoms with Crippen LogP contribution in [0.1, 0.15) is 29.6 Å². The molecule has 3 rings (SSSR count). The average Bonchev–Trinajstić information content (AvgIpc) is 3.06. The monoisotopic (exact) mass is 290 g/mol. The molecular formula is C14H18N4O3. The van der Waals surface area contributed by atoms with Crippen molar-refractivity contribution in [3.8, 4) is 0 Å². The summed E-state index contributed by atoms with van der Waals surface area (Å²) in [4.78, 5) is 24.8. The van der Waals surface area contributed by atoms with Gasteiger partial charge in [0.15, 0.2) is 0 Å². The number of carbonyl (C=O) groups is 1. The number of non-ortho nitro benzene ring substituents is 1. The van der Waals surface area contributed by atoms with Gasteiger partial charge < -0.3 is 10.3 Å². The van der Waals surface area contributed by atoms with Gasteiger partial charge in [0.25, 0.3) is 11.6 Å². The van der Waals surface area contributed by atoms with E-state index >= 15 is 0 Å². The molecule has 2 atom stereocenters. The number of nitrogens with two attached hydrogens (primary N) is 1. The number of nitrogens with one attached hydrogen (secondary N) is 1. The van der Waals surface area contributed by atoms with Crippen LogP contribution >= 0.6 is 0 Å². The van der Waals surface area contributed by atoms with Crippen LogP contribution in [-0.4, -0.2) is 28.8 Å². The Morgan fingerprint density at radius 2 is 2.00 bits per heavy atom. The molecule has 0 bridgehead atoms. The molecule has 7 heteroatoms. The Morgan fingerprint density at radius 1 is 1.33 bits per heavy atom. The largest absolute Gasteiger partial charge is 0.338 e. The highest BCUT2D eigenvalue weighted by Crippen LogP contribution is 2.38. The Kier molecular flexibility index (Phi) is 3.50. The second-order valence-corrected chi connectivity index (χ2v) is 5.79. The normalized spacial score (nSPS) is 24.0. The first-order valence-electron chi connectivity index (χ1n) is 7.14. The number of nitrogen functional groups attached to an aromatic ring is 1. The van der Waals surface area contributed by atoms with Crippen LogP contribution in [0.25, 0.3) is 0 Å². The smallest absolute Gasteiger partial charge is 0.270 e. The van der Waals surface area contributed by atoms with Crippen molar-refractivity contribution in [2.24, 2.45) is 17.7 Å². The summed E-state index contributed by atoms with van der Waals surface area (Å²) < 4.78 is 0. The molecular weight excluding hydrogens is 272 g/mol. The molecule has 112 valence electrons. The van der Waals surface area contributed by atoms with Crippen molar-refractivity contribution >= 4 is 17.3 Å². The summed E-state index contributed by atoms with van der Waals surface area (Å²) in [5.74, 6) is 6.41. The standard InChI is InChI=1S/C14H18N4O3/c15-16-13-5-4-11(18(20)21)6-12(13)14(19)17-7-9-2-1-3-10(9)8-17/h4-6,9-10,16H,1-3,7-8,15H2. The van der Waals surface area contributed by atoms with Crippen LogP contribution in [0.4, 0.5) is 11.4 Å². The van der Waals surface area contributed by atoms with Gasteiger partial charge in [0, 0.05) is 25.2 Å². The van der Waals surface area contributed by atoms with E-state index in [9.17, 15) is 14.9 Å². The second-order valence-electron chi connectivity index (χ2n) is 5.79. The zero-order valence-corrected chi connectivity index (χ0v) is 11.6. The van der Waals surface area contributed by atoms with Crippen LogP contribution in [0.5, 0.6) is 0 Å². The lowest BCUT2D eigenvalue weighted by Gasteiger charge is -2.19. The van der Waals surface area contributed by atoms with E-state index in [1.165, 1.54) is 37.5 Å². The minimum Gasteiger partial charge on any atom is -0.338 e. The summed E-state index contributed by atoms with van der Waals surface area (Å²) >= 11 is 0. The quantitative estimate of drug-likeness (QED) is 0.501. The van der Waals surface area contributed by atoms with Gasteiger partial charge >= 0.3 is 0 Å². The summed E-state index contributed by atoms with van der Waals surface area (Å²) in [7, 11) is 0. The fourth-order valence-corrected chi connectivity index (χ4v) is 3.52. The SMILES string of the molecule is NNc1ccc([N+](=O)[O-])cc1C(=O)N1CC2CCCC2C1. The average molecular weight is 290 g/mol. The fourth-order valence-electron chi connectivity index (χ4n) is 3.52. The maximum atomic E-state index is 12.6. The van der Waals surface area contributed by atoms with Crippen LogP contribution in [0.3, 0.4) is 0 Å². The predicted molar refractivity (Wildman–Crippen MR) is 77.6 cm³/mol. The number of nitrogens with zero attached hydrogens (tertiary/aromatic N) is 2. The topological polar surface area (TPSA) is 101 Å². The molecule has 1 aliphatic carbocycles. The number of nitro groups is 1. The molecule has 2 fully saturated rings. The number of benzene rings is 1. The molecule has 0 spiro atoms. The Morgan fingerprint density at radius 3 is 2.57 bits per heavy atom. The molecule has 0 radical (unpaired) electrons. The van der Waals surface area contributed by atoms with Crippen LogP contribution in [-0.2, 0) is 0 Å². The lowest BCUT2D eigenvalue weighted by atomic mass is 10.0. The van der Waals surface area contributed by atoms with E-state index < -0.39 is 4.92 Å². The van der Waals surface area contributed by atoms with Gasteiger partial charge in [-0.15, -0.1) is 0 Å². The number of nitro benzene ring substituents is 1. The van der Waals surface area contributed by atoms with Gasteiger partial charge in [-0.1, -0.05) is 6.42 Å². The van der Waals surface area contributed by atoms with Crippen molar-refractivity contribution in [2.75, 3.05) is 18.5 Å². The third-order valence-corrected chi connectivity index (χ3v) is 4.61. The van der Waals surface area contributed by atoms with Gasteiger partial charge in [0.2, 0.25) is 0 Å². The van der Waals surface area contributed by atoms with Crippen LogP contribution in [0, 0.1) is 22.0 Å². The number of rotatable bonds is 3. The summed E-state index contributed by atoms with van der Waals surface area (Å²) in [6, 6.07) is 4.11. The zero-order chi connectivity index (χ0) is 15.0. The zero-order valence-electron chi connectivity index (χ0n) is 11.6. The Labute approximate surface area is 122 Å². The molecule has 1 aromatic rings. The number of carbonyl (C=O) groups excluding carboxylic acids is 1. The highest BCUT2D eigenvalue weighted by atomic mass is 16.6. The number of hydrogen-bond acceptors (Lipinski definition) is 5. The maximum absolute atomic E-state index is 12.6.